The number of nitrogens with two attached hydrogens (primary N) is 1. The topological polar surface area (TPSA) is 113 Å². The standard InChI is InChI=1S/C25H21F2N7OS/c1-30-9-25-2-11(25)6-34(10-25)24-32-4-13-14-7-35-8-15(14)17(19(27)20(13)33-24)21-18-12(3-28)23(29)36-22(18)16(26)5-31-21/h4-5,11,30H,2,6-10,29H2,1H3. The molecule has 0 bridgehead atoms. The molecule has 2 atom stereocenters. The number of nitriles is 1. The molecule has 5 heterocycles. The maximum Gasteiger partial charge on any atom is 0.226 e. The number of nitrogens with one attached hydrogen (secondary N) is 1. The number of rotatable bonds is 4. The molecule has 7 rings (SSSR count). The van der Waals surface area contributed by atoms with Gasteiger partial charge in [-0.1, -0.05) is 0 Å². The van der Waals surface area contributed by atoms with Crippen molar-refractivity contribution in [2.24, 2.45) is 11.3 Å². The van der Waals surface area contributed by atoms with E-state index < -0.39 is 11.6 Å². The Labute approximate surface area is 208 Å². The minimum atomic E-state index is -0.603. The van der Waals surface area contributed by atoms with E-state index in [9.17, 15) is 9.65 Å². The van der Waals surface area contributed by atoms with E-state index in [1.54, 1.807) is 6.20 Å². The normalized spacial score (nSPS) is 22.3. The molecule has 1 aromatic carbocycles. The lowest BCUT2D eigenvalue weighted by atomic mass is 9.94. The predicted octanol–water partition coefficient (Wildman–Crippen LogP) is 3.71. The number of thiophene rings is 1. The first-order valence-electron chi connectivity index (χ1n) is 11.7. The fourth-order valence-corrected chi connectivity index (χ4v) is 6.98. The molecule has 4 aromatic rings. The van der Waals surface area contributed by atoms with E-state index in [4.69, 9.17) is 10.5 Å². The average molecular weight is 506 g/mol. The van der Waals surface area contributed by atoms with E-state index in [2.05, 4.69) is 25.2 Å². The molecule has 36 heavy (non-hydrogen) atoms. The Balaban J connectivity index is 1.44. The molecule has 3 aromatic heterocycles. The van der Waals surface area contributed by atoms with Crippen LogP contribution < -0.4 is 16.0 Å². The van der Waals surface area contributed by atoms with Crippen LogP contribution in [0.15, 0.2) is 12.4 Å². The van der Waals surface area contributed by atoms with Crippen LogP contribution >= 0.6 is 11.3 Å². The molecule has 3 N–H and O–H groups in total. The van der Waals surface area contributed by atoms with Crippen LogP contribution in [0.2, 0.25) is 0 Å². The molecular weight excluding hydrogens is 484 g/mol. The second-order valence-corrected chi connectivity index (χ2v) is 10.9. The van der Waals surface area contributed by atoms with Gasteiger partial charge < -0.3 is 20.7 Å². The molecule has 0 spiro atoms. The summed E-state index contributed by atoms with van der Waals surface area (Å²) in [5.41, 5.74) is 8.25. The average Bonchev–Trinajstić information content (AvgIpc) is 3.23. The SMILES string of the molecule is CNCC12CC1CN(c1ncc3c4c(c(-c5ncc(F)c6sc(N)c(C#N)c56)c(F)c3n1)COC4)C2. The third-order valence-electron chi connectivity index (χ3n) is 7.85. The van der Waals surface area contributed by atoms with Crippen LogP contribution in [0.1, 0.15) is 23.1 Å². The smallest absolute Gasteiger partial charge is 0.226 e. The number of piperidine rings is 1. The highest BCUT2D eigenvalue weighted by Gasteiger charge is 2.59. The number of aromatic nitrogens is 3. The largest absolute Gasteiger partial charge is 0.389 e. The summed E-state index contributed by atoms with van der Waals surface area (Å²) in [4.78, 5) is 15.7. The van der Waals surface area contributed by atoms with Gasteiger partial charge in [-0.15, -0.1) is 11.3 Å². The summed E-state index contributed by atoms with van der Waals surface area (Å²) in [5.74, 6) is -0.109. The molecule has 182 valence electrons. The van der Waals surface area contributed by atoms with Crippen molar-refractivity contribution < 1.29 is 13.5 Å². The molecule has 1 saturated carbocycles. The van der Waals surface area contributed by atoms with Crippen LogP contribution in [0, 0.1) is 34.3 Å². The van der Waals surface area contributed by atoms with E-state index in [1.165, 1.54) is 6.42 Å². The van der Waals surface area contributed by atoms with Crippen molar-refractivity contribution >= 4 is 43.3 Å². The lowest BCUT2D eigenvalue weighted by Crippen LogP contribution is -2.30. The maximum atomic E-state index is 16.4. The van der Waals surface area contributed by atoms with Crippen molar-refractivity contribution in [2.75, 3.05) is 37.3 Å². The molecule has 0 radical (unpaired) electrons. The first kappa shape index (κ1) is 21.8. The number of hydrogen-bond acceptors (Lipinski definition) is 9. The first-order chi connectivity index (χ1) is 17.5. The Kier molecular flexibility index (Phi) is 4.55. The van der Waals surface area contributed by atoms with Crippen LogP contribution in [0.5, 0.6) is 0 Å². The summed E-state index contributed by atoms with van der Waals surface area (Å²) in [6.45, 7) is 3.05. The van der Waals surface area contributed by atoms with Gasteiger partial charge in [-0.25, -0.2) is 18.7 Å². The van der Waals surface area contributed by atoms with Gasteiger partial charge in [0, 0.05) is 47.6 Å². The summed E-state index contributed by atoms with van der Waals surface area (Å²) in [7, 11) is 1.96. The molecule has 3 aliphatic rings. The molecule has 11 heteroatoms. The summed E-state index contributed by atoms with van der Waals surface area (Å²) in [6, 6.07) is 2.04. The Morgan fingerprint density at radius 2 is 2.14 bits per heavy atom. The maximum absolute atomic E-state index is 16.4. The van der Waals surface area contributed by atoms with E-state index in [-0.39, 0.29) is 56.1 Å². The van der Waals surface area contributed by atoms with Gasteiger partial charge in [0.25, 0.3) is 0 Å². The summed E-state index contributed by atoms with van der Waals surface area (Å²) < 4.78 is 36.9. The van der Waals surface area contributed by atoms with Crippen molar-refractivity contribution in [1.29, 1.82) is 5.26 Å². The number of halogens is 2. The number of nitrogen functional groups attached to an aromatic ring is 1. The highest BCUT2D eigenvalue weighted by Crippen LogP contribution is 2.57. The number of hydrogen-bond donors (Lipinski definition) is 2. The summed E-state index contributed by atoms with van der Waals surface area (Å²) in [5, 5.41) is 14.0. The molecule has 0 amide bonds. The number of nitrogens with zero attached hydrogens (tertiary/aromatic N) is 5. The van der Waals surface area contributed by atoms with E-state index >= 15 is 4.39 Å². The number of pyridine rings is 1. The fourth-order valence-electron chi connectivity index (χ4n) is 6.06. The van der Waals surface area contributed by atoms with Gasteiger partial charge >= 0.3 is 0 Å². The van der Waals surface area contributed by atoms with Crippen LogP contribution in [-0.2, 0) is 18.0 Å². The highest BCUT2D eigenvalue weighted by molar-refractivity contribution is 7.23. The number of fused-ring (bicyclic) bond motifs is 5. The van der Waals surface area contributed by atoms with Gasteiger partial charge in [0.2, 0.25) is 5.95 Å². The van der Waals surface area contributed by atoms with Gasteiger partial charge in [-0.3, -0.25) is 4.98 Å². The van der Waals surface area contributed by atoms with E-state index in [0.717, 1.165) is 42.7 Å². The van der Waals surface area contributed by atoms with Crippen molar-refractivity contribution in [3.8, 4) is 17.3 Å². The van der Waals surface area contributed by atoms with Crippen LogP contribution in [0.3, 0.4) is 0 Å². The van der Waals surface area contributed by atoms with Crippen molar-refractivity contribution in [3.63, 3.8) is 0 Å². The molecule has 1 saturated heterocycles. The fraction of sp³-hybridized carbons (Fsp3) is 0.360. The lowest BCUT2D eigenvalue weighted by Gasteiger charge is -2.21. The number of benzene rings is 1. The highest BCUT2D eigenvalue weighted by atomic mass is 32.1. The second-order valence-electron chi connectivity index (χ2n) is 9.86. The van der Waals surface area contributed by atoms with Crippen molar-refractivity contribution in [1.82, 2.24) is 20.3 Å². The Bertz CT molecular complexity index is 1650. The lowest BCUT2D eigenvalue weighted by molar-refractivity contribution is 0.135. The minimum absolute atomic E-state index is 0.0960. The third-order valence-corrected chi connectivity index (χ3v) is 8.88. The zero-order valence-electron chi connectivity index (χ0n) is 19.4. The Morgan fingerprint density at radius 1 is 1.31 bits per heavy atom. The van der Waals surface area contributed by atoms with Crippen molar-refractivity contribution in [2.45, 2.75) is 19.6 Å². The molecule has 8 nitrogen and oxygen atoms in total. The third kappa shape index (κ3) is 2.86. The van der Waals surface area contributed by atoms with Gasteiger partial charge in [0.05, 0.1) is 35.4 Å². The van der Waals surface area contributed by atoms with Gasteiger partial charge in [-0.2, -0.15) is 5.26 Å². The summed E-state index contributed by atoms with van der Waals surface area (Å²) >= 11 is 0.958. The first-order valence-corrected chi connectivity index (χ1v) is 12.5. The van der Waals surface area contributed by atoms with Crippen LogP contribution in [0.4, 0.5) is 19.7 Å². The monoisotopic (exact) mass is 505 g/mol. The van der Waals surface area contributed by atoms with Crippen LogP contribution in [0.25, 0.3) is 32.2 Å². The quantitative estimate of drug-likeness (QED) is 0.432. The second kappa shape index (κ2) is 7.52. The zero-order chi connectivity index (χ0) is 24.8. The number of anilines is 2. The van der Waals surface area contributed by atoms with E-state index in [1.807, 2.05) is 13.1 Å². The number of ether oxygens (including phenoxy) is 1. The minimum Gasteiger partial charge on any atom is -0.389 e. The van der Waals surface area contributed by atoms with Crippen molar-refractivity contribution in [3.05, 3.63) is 40.7 Å². The molecular formula is C25H21F2N7OS. The van der Waals surface area contributed by atoms with E-state index in [0.29, 0.717) is 22.8 Å². The van der Waals surface area contributed by atoms with Gasteiger partial charge in [0.15, 0.2) is 11.6 Å². The van der Waals surface area contributed by atoms with Crippen LogP contribution in [-0.4, -0.2) is 41.6 Å². The van der Waals surface area contributed by atoms with Gasteiger partial charge in [0.1, 0.15) is 16.6 Å². The van der Waals surface area contributed by atoms with Gasteiger partial charge in [-0.05, 0) is 30.5 Å². The predicted molar refractivity (Wildman–Crippen MR) is 132 cm³/mol. The Morgan fingerprint density at radius 3 is 2.94 bits per heavy atom. The molecule has 2 aliphatic heterocycles. The summed E-state index contributed by atoms with van der Waals surface area (Å²) in [6.07, 6.45) is 3.89. The Hall–Kier alpha value is -3.46. The molecule has 1 aliphatic carbocycles. The molecule has 2 unspecified atom stereocenters. The molecule has 2 fully saturated rings. The zero-order valence-corrected chi connectivity index (χ0v) is 20.2.